The smallest absolute Gasteiger partial charge is 0.277 e. The summed E-state index contributed by atoms with van der Waals surface area (Å²) in [5.41, 5.74) is 5.46. The molecule has 2 unspecified atom stereocenters. The first kappa shape index (κ1) is 14.4. The molecule has 0 saturated heterocycles. The molecule has 1 aliphatic carbocycles. The maximum Gasteiger partial charge on any atom is 0.277 e. The van der Waals surface area contributed by atoms with Crippen molar-refractivity contribution in [3.8, 4) is 0 Å². The predicted octanol–water partition coefficient (Wildman–Crippen LogP) is 0.171. The van der Waals surface area contributed by atoms with Crippen LogP contribution in [0, 0.1) is 17.2 Å². The molecule has 1 saturated carbocycles. The molecule has 0 aromatic rings. The Morgan fingerprint density at radius 3 is 2.65 bits per heavy atom. The van der Waals surface area contributed by atoms with Gasteiger partial charge in [-0.25, -0.2) is 4.72 Å². The summed E-state index contributed by atoms with van der Waals surface area (Å²) in [5, 5.41) is 7.42. The number of amidine groups is 1. The molecule has 5 N–H and O–H groups in total. The van der Waals surface area contributed by atoms with Crippen LogP contribution >= 0.6 is 0 Å². The second kappa shape index (κ2) is 5.79. The highest BCUT2D eigenvalue weighted by atomic mass is 32.2. The van der Waals surface area contributed by atoms with Gasteiger partial charge in [-0.05, 0) is 18.8 Å². The Hall–Kier alpha value is -0.660. The third kappa shape index (κ3) is 4.61. The predicted molar refractivity (Wildman–Crippen MR) is 67.9 cm³/mol. The number of rotatable bonds is 6. The van der Waals surface area contributed by atoms with Crippen molar-refractivity contribution in [1.29, 1.82) is 5.41 Å². The van der Waals surface area contributed by atoms with Gasteiger partial charge in [0.15, 0.2) is 0 Å². The zero-order valence-corrected chi connectivity index (χ0v) is 11.2. The van der Waals surface area contributed by atoms with E-state index in [1.807, 2.05) is 13.8 Å². The van der Waals surface area contributed by atoms with Crippen LogP contribution < -0.4 is 15.2 Å². The summed E-state index contributed by atoms with van der Waals surface area (Å²) >= 11 is 0. The van der Waals surface area contributed by atoms with E-state index in [-0.39, 0.29) is 23.7 Å². The number of nitrogens with two attached hydrogens (primary N) is 1. The largest absolute Gasteiger partial charge is 0.387 e. The van der Waals surface area contributed by atoms with Gasteiger partial charge in [-0.3, -0.25) is 5.41 Å². The van der Waals surface area contributed by atoms with E-state index < -0.39 is 10.2 Å². The highest BCUT2D eigenvalue weighted by Crippen LogP contribution is 2.25. The number of hydrogen-bond acceptors (Lipinski definition) is 3. The molecule has 0 aromatic carbocycles. The molecule has 1 rings (SSSR count). The van der Waals surface area contributed by atoms with Crippen molar-refractivity contribution in [2.75, 3.05) is 6.54 Å². The summed E-state index contributed by atoms with van der Waals surface area (Å²) in [6.07, 6.45) is 2.43. The summed E-state index contributed by atoms with van der Waals surface area (Å²) in [6, 6.07) is -0.239. The van der Waals surface area contributed by atoms with E-state index in [2.05, 4.69) is 9.44 Å². The first-order valence-corrected chi connectivity index (χ1v) is 7.41. The lowest BCUT2D eigenvalue weighted by Gasteiger charge is -2.20. The summed E-state index contributed by atoms with van der Waals surface area (Å²) < 4.78 is 28.5. The van der Waals surface area contributed by atoms with Gasteiger partial charge in [0.05, 0.1) is 5.84 Å². The second-order valence-corrected chi connectivity index (χ2v) is 6.49. The zero-order valence-electron chi connectivity index (χ0n) is 10.4. The van der Waals surface area contributed by atoms with E-state index in [1.165, 1.54) is 0 Å². The highest BCUT2D eigenvalue weighted by molar-refractivity contribution is 7.87. The van der Waals surface area contributed by atoms with Crippen molar-refractivity contribution in [2.24, 2.45) is 17.6 Å². The van der Waals surface area contributed by atoms with E-state index in [1.54, 1.807) is 0 Å². The topological polar surface area (TPSA) is 108 Å². The minimum absolute atomic E-state index is 0.0686. The average molecular weight is 262 g/mol. The lowest BCUT2D eigenvalue weighted by atomic mass is 10.0. The lowest BCUT2D eigenvalue weighted by Crippen LogP contribution is -2.47. The maximum absolute atomic E-state index is 11.7. The van der Waals surface area contributed by atoms with Crippen LogP contribution in [0.1, 0.15) is 33.1 Å². The van der Waals surface area contributed by atoms with E-state index in [0.29, 0.717) is 6.54 Å². The molecule has 17 heavy (non-hydrogen) atoms. The Morgan fingerprint density at radius 2 is 2.12 bits per heavy atom. The van der Waals surface area contributed by atoms with Crippen LogP contribution in [0.2, 0.25) is 0 Å². The second-order valence-electron chi connectivity index (χ2n) is 4.96. The molecular weight excluding hydrogens is 240 g/mol. The average Bonchev–Trinajstić information content (AvgIpc) is 2.62. The molecule has 6 nitrogen and oxygen atoms in total. The van der Waals surface area contributed by atoms with Crippen LogP contribution in [-0.2, 0) is 10.2 Å². The van der Waals surface area contributed by atoms with Gasteiger partial charge in [0.25, 0.3) is 10.2 Å². The van der Waals surface area contributed by atoms with Crippen molar-refractivity contribution in [3.63, 3.8) is 0 Å². The number of nitrogens with one attached hydrogen (secondary N) is 3. The highest BCUT2D eigenvalue weighted by Gasteiger charge is 2.32. The summed E-state index contributed by atoms with van der Waals surface area (Å²) in [4.78, 5) is 0. The molecule has 0 aromatic heterocycles. The molecular formula is C10H22N4O2S. The third-order valence-electron chi connectivity index (χ3n) is 2.90. The minimum Gasteiger partial charge on any atom is -0.387 e. The molecule has 0 spiro atoms. The van der Waals surface area contributed by atoms with Crippen LogP contribution in [0.15, 0.2) is 0 Å². The Morgan fingerprint density at radius 1 is 1.47 bits per heavy atom. The number of hydrogen-bond donors (Lipinski definition) is 4. The van der Waals surface area contributed by atoms with E-state index in [9.17, 15) is 8.42 Å². The lowest BCUT2D eigenvalue weighted by molar-refractivity contribution is 0.504. The Balaban J connectivity index is 2.55. The molecule has 100 valence electrons. The quantitative estimate of drug-likeness (QED) is 0.405. The van der Waals surface area contributed by atoms with E-state index >= 15 is 0 Å². The van der Waals surface area contributed by atoms with Crippen molar-refractivity contribution in [1.82, 2.24) is 9.44 Å². The SMILES string of the molecule is CC(C)CNS(=O)(=O)NC1CCCC1C(=N)N. The van der Waals surface area contributed by atoms with E-state index in [4.69, 9.17) is 11.1 Å². The minimum atomic E-state index is -3.48. The fourth-order valence-corrected chi connectivity index (χ4v) is 3.31. The van der Waals surface area contributed by atoms with Crippen molar-refractivity contribution < 1.29 is 8.42 Å². The third-order valence-corrected chi connectivity index (χ3v) is 4.06. The molecule has 0 aliphatic heterocycles. The van der Waals surface area contributed by atoms with Gasteiger partial charge in [-0.2, -0.15) is 13.1 Å². The van der Waals surface area contributed by atoms with Gasteiger partial charge in [0, 0.05) is 18.5 Å². The Bertz CT molecular complexity index is 367. The molecule has 0 heterocycles. The maximum atomic E-state index is 11.7. The first-order valence-electron chi connectivity index (χ1n) is 5.92. The monoisotopic (exact) mass is 262 g/mol. The van der Waals surface area contributed by atoms with Crippen LogP contribution in [0.25, 0.3) is 0 Å². The van der Waals surface area contributed by atoms with Crippen LogP contribution in [0.3, 0.4) is 0 Å². The molecule has 2 atom stereocenters. The van der Waals surface area contributed by atoms with Gasteiger partial charge in [-0.1, -0.05) is 20.3 Å². The standard InChI is InChI=1S/C10H22N4O2S/c1-7(2)6-13-17(15,16)14-9-5-3-4-8(9)10(11)12/h7-9,13-14H,3-6H2,1-2H3,(H3,11,12). The fraction of sp³-hybridized carbons (Fsp3) is 0.900. The van der Waals surface area contributed by atoms with Crippen LogP contribution in [0.4, 0.5) is 0 Å². The van der Waals surface area contributed by atoms with E-state index in [0.717, 1.165) is 19.3 Å². The van der Waals surface area contributed by atoms with Gasteiger partial charge in [0.1, 0.15) is 0 Å². The molecule has 0 amide bonds. The van der Waals surface area contributed by atoms with Crippen molar-refractivity contribution in [2.45, 2.75) is 39.2 Å². The molecule has 1 aliphatic rings. The molecule has 7 heteroatoms. The van der Waals surface area contributed by atoms with Crippen LogP contribution in [0.5, 0.6) is 0 Å². The normalized spacial score (nSPS) is 25.4. The summed E-state index contributed by atoms with van der Waals surface area (Å²) in [7, 11) is -3.48. The fourth-order valence-electron chi connectivity index (χ4n) is 1.99. The zero-order chi connectivity index (χ0) is 13.1. The Labute approximate surface area is 103 Å². The Kier molecular flexibility index (Phi) is 4.91. The van der Waals surface area contributed by atoms with Crippen molar-refractivity contribution >= 4 is 16.0 Å². The first-order chi connectivity index (χ1) is 7.82. The summed E-state index contributed by atoms with van der Waals surface area (Å²) in [6.45, 7) is 4.29. The van der Waals surface area contributed by atoms with Gasteiger partial charge >= 0.3 is 0 Å². The summed E-state index contributed by atoms with van der Waals surface area (Å²) in [5.74, 6) is 0.170. The van der Waals surface area contributed by atoms with Crippen molar-refractivity contribution in [3.05, 3.63) is 0 Å². The van der Waals surface area contributed by atoms with Gasteiger partial charge < -0.3 is 5.73 Å². The van der Waals surface area contributed by atoms with Gasteiger partial charge in [0.2, 0.25) is 0 Å². The molecule has 1 fully saturated rings. The molecule has 0 radical (unpaired) electrons. The van der Waals surface area contributed by atoms with Gasteiger partial charge in [-0.15, -0.1) is 0 Å². The van der Waals surface area contributed by atoms with Crippen LogP contribution in [-0.4, -0.2) is 26.8 Å². The molecule has 0 bridgehead atoms.